The molecule has 0 N–H and O–H groups in total. The minimum atomic E-state index is 0.560. The maximum Gasteiger partial charge on any atom is 0.100 e. The van der Waals surface area contributed by atoms with Gasteiger partial charge in [-0.3, -0.25) is 0 Å². The lowest BCUT2D eigenvalue weighted by atomic mass is 9.89. The highest BCUT2D eigenvalue weighted by Crippen LogP contribution is 2.21. The van der Waals surface area contributed by atoms with Crippen LogP contribution < -0.4 is 0 Å². The molecule has 2 heteroatoms. The summed E-state index contributed by atoms with van der Waals surface area (Å²) in [4.78, 5) is 0. The Balaban J connectivity index is 1.99. The molecule has 0 bridgehead atoms. The molecule has 0 saturated heterocycles. The van der Waals surface area contributed by atoms with Crippen molar-refractivity contribution in [2.45, 2.75) is 32.6 Å². The van der Waals surface area contributed by atoms with Gasteiger partial charge in [-0.25, -0.2) is 0 Å². The molecular weight excluding hydrogens is 268 g/mol. The fraction of sp³-hybridized carbons (Fsp3) is 0.300. The zero-order valence-electron chi connectivity index (χ0n) is 13.1. The maximum absolute atomic E-state index is 4.64. The molecule has 1 aliphatic carbocycles. The lowest BCUT2D eigenvalue weighted by molar-refractivity contribution is 0.557. The van der Waals surface area contributed by atoms with E-state index >= 15 is 0 Å². The van der Waals surface area contributed by atoms with E-state index in [4.69, 9.17) is 0 Å². The summed E-state index contributed by atoms with van der Waals surface area (Å²) in [5.41, 5.74) is 4.42. The van der Waals surface area contributed by atoms with Gasteiger partial charge in [0.15, 0.2) is 0 Å². The van der Waals surface area contributed by atoms with Crippen LogP contribution in [0.15, 0.2) is 70.9 Å². The van der Waals surface area contributed by atoms with Gasteiger partial charge in [-0.2, -0.15) is 5.10 Å². The smallest absolute Gasteiger partial charge is 0.100 e. The summed E-state index contributed by atoms with van der Waals surface area (Å²) in [5, 5.41) is 9.26. The molecule has 0 aliphatic heterocycles. The van der Waals surface area contributed by atoms with Gasteiger partial charge in [0.1, 0.15) is 5.71 Å². The normalized spacial score (nSPS) is 19.9. The third-order valence-electron chi connectivity index (χ3n) is 4.26. The minimum Gasteiger partial charge on any atom is -0.159 e. The van der Waals surface area contributed by atoms with E-state index in [-0.39, 0.29) is 0 Å². The first-order chi connectivity index (χ1) is 10.8. The molecule has 1 saturated carbocycles. The average molecular weight is 290 g/mol. The van der Waals surface area contributed by atoms with Crippen LogP contribution in [0.3, 0.4) is 0 Å². The predicted molar refractivity (Wildman–Crippen MR) is 93.6 cm³/mol. The van der Waals surface area contributed by atoms with Crippen LogP contribution in [-0.4, -0.2) is 11.4 Å². The molecular formula is C20H22N2. The van der Waals surface area contributed by atoms with E-state index in [9.17, 15) is 0 Å². The van der Waals surface area contributed by atoms with E-state index in [1.54, 1.807) is 0 Å². The standard InChI is InChI=1S/C20H22N2/c1-16-10-8-9-15-19(16)21-22-20(17-11-4-2-5-12-17)18-13-6-3-7-14-18/h2-7,11-14,16H,8-10,15H2,1H3/b21-19-/t16-/m1/s1. The van der Waals surface area contributed by atoms with Gasteiger partial charge in [-0.15, -0.1) is 5.10 Å². The largest absolute Gasteiger partial charge is 0.159 e. The Bertz CT molecular complexity index is 615. The van der Waals surface area contributed by atoms with Crippen molar-refractivity contribution < 1.29 is 0 Å². The summed E-state index contributed by atoms with van der Waals surface area (Å²) < 4.78 is 0. The van der Waals surface area contributed by atoms with E-state index in [2.05, 4.69) is 41.4 Å². The summed E-state index contributed by atoms with van der Waals surface area (Å²) in [5.74, 6) is 0.560. The zero-order valence-corrected chi connectivity index (χ0v) is 13.1. The van der Waals surface area contributed by atoms with Crippen molar-refractivity contribution >= 4 is 11.4 Å². The molecule has 112 valence electrons. The number of nitrogens with zero attached hydrogens (tertiary/aromatic N) is 2. The highest BCUT2D eigenvalue weighted by Gasteiger charge is 2.16. The molecule has 1 atom stereocenters. The molecule has 0 aromatic heterocycles. The molecule has 0 amide bonds. The molecule has 2 aromatic carbocycles. The molecule has 1 fully saturated rings. The molecule has 1 aliphatic rings. The van der Waals surface area contributed by atoms with Crippen LogP contribution in [0.5, 0.6) is 0 Å². The van der Waals surface area contributed by atoms with E-state index in [0.717, 1.165) is 23.3 Å². The van der Waals surface area contributed by atoms with Crippen molar-refractivity contribution in [2.75, 3.05) is 0 Å². The third-order valence-corrected chi connectivity index (χ3v) is 4.26. The highest BCUT2D eigenvalue weighted by molar-refractivity contribution is 6.13. The van der Waals surface area contributed by atoms with Gasteiger partial charge in [0.25, 0.3) is 0 Å². The Morgan fingerprint density at radius 3 is 2.00 bits per heavy atom. The summed E-state index contributed by atoms with van der Waals surface area (Å²) >= 11 is 0. The highest BCUT2D eigenvalue weighted by atomic mass is 15.2. The number of benzene rings is 2. The summed E-state index contributed by atoms with van der Waals surface area (Å²) in [6, 6.07) is 20.6. The maximum atomic E-state index is 4.64. The van der Waals surface area contributed by atoms with Gasteiger partial charge >= 0.3 is 0 Å². The van der Waals surface area contributed by atoms with E-state index in [0.29, 0.717) is 5.92 Å². The SMILES string of the molecule is C[C@@H]1CCCC/C1=N/N=C(c1ccccc1)c1ccccc1. The lowest BCUT2D eigenvalue weighted by Crippen LogP contribution is -2.16. The molecule has 22 heavy (non-hydrogen) atoms. The van der Waals surface area contributed by atoms with Gasteiger partial charge in [-0.05, 0) is 25.2 Å². The molecule has 0 unspecified atom stereocenters. The monoisotopic (exact) mass is 290 g/mol. The second kappa shape index (κ2) is 7.17. The van der Waals surface area contributed by atoms with Crippen LogP contribution >= 0.6 is 0 Å². The fourth-order valence-corrected chi connectivity index (χ4v) is 2.91. The van der Waals surface area contributed by atoms with Crippen LogP contribution in [0.25, 0.3) is 0 Å². The van der Waals surface area contributed by atoms with Crippen LogP contribution in [0, 0.1) is 5.92 Å². The van der Waals surface area contributed by atoms with Gasteiger partial charge in [0.05, 0.1) is 0 Å². The third kappa shape index (κ3) is 3.51. The molecule has 0 heterocycles. The molecule has 2 nitrogen and oxygen atoms in total. The van der Waals surface area contributed by atoms with Crippen molar-refractivity contribution in [3.05, 3.63) is 71.8 Å². The Morgan fingerprint density at radius 2 is 1.45 bits per heavy atom. The number of hydrogen-bond acceptors (Lipinski definition) is 2. The zero-order chi connectivity index (χ0) is 15.2. The topological polar surface area (TPSA) is 24.7 Å². The van der Waals surface area contributed by atoms with E-state index < -0.39 is 0 Å². The Morgan fingerprint density at radius 1 is 0.864 bits per heavy atom. The molecule has 2 aromatic rings. The molecule has 0 radical (unpaired) electrons. The average Bonchev–Trinajstić information content (AvgIpc) is 2.59. The lowest BCUT2D eigenvalue weighted by Gasteiger charge is -2.19. The van der Waals surface area contributed by atoms with Crippen LogP contribution in [0.1, 0.15) is 43.7 Å². The van der Waals surface area contributed by atoms with Gasteiger partial charge in [0.2, 0.25) is 0 Å². The van der Waals surface area contributed by atoms with Crippen molar-refractivity contribution in [1.82, 2.24) is 0 Å². The molecule has 0 spiro atoms. The van der Waals surface area contributed by atoms with E-state index in [1.165, 1.54) is 25.0 Å². The van der Waals surface area contributed by atoms with Crippen molar-refractivity contribution in [1.29, 1.82) is 0 Å². The summed E-state index contributed by atoms with van der Waals surface area (Å²) in [6.07, 6.45) is 4.88. The minimum absolute atomic E-state index is 0.560. The van der Waals surface area contributed by atoms with Crippen LogP contribution in [0.4, 0.5) is 0 Å². The quantitative estimate of drug-likeness (QED) is 0.555. The van der Waals surface area contributed by atoms with Gasteiger partial charge in [-0.1, -0.05) is 74.0 Å². The number of rotatable bonds is 3. The van der Waals surface area contributed by atoms with Crippen molar-refractivity contribution in [3.8, 4) is 0 Å². The van der Waals surface area contributed by atoms with Crippen LogP contribution in [0.2, 0.25) is 0 Å². The Kier molecular flexibility index (Phi) is 4.79. The summed E-state index contributed by atoms with van der Waals surface area (Å²) in [7, 11) is 0. The van der Waals surface area contributed by atoms with Crippen molar-refractivity contribution in [3.63, 3.8) is 0 Å². The predicted octanol–water partition coefficient (Wildman–Crippen LogP) is 5.09. The van der Waals surface area contributed by atoms with Gasteiger partial charge < -0.3 is 0 Å². The Labute approximate surface area is 132 Å². The first kappa shape index (κ1) is 14.7. The second-order valence-electron chi connectivity index (χ2n) is 5.92. The molecule has 3 rings (SSSR count). The Hall–Kier alpha value is -2.22. The first-order valence-electron chi connectivity index (χ1n) is 8.10. The first-order valence-corrected chi connectivity index (χ1v) is 8.10. The van der Waals surface area contributed by atoms with Crippen LogP contribution in [-0.2, 0) is 0 Å². The van der Waals surface area contributed by atoms with Crippen molar-refractivity contribution in [2.24, 2.45) is 16.1 Å². The van der Waals surface area contributed by atoms with E-state index in [1.807, 2.05) is 36.4 Å². The number of hydrogen-bond donors (Lipinski definition) is 0. The second-order valence-corrected chi connectivity index (χ2v) is 5.92. The fourth-order valence-electron chi connectivity index (χ4n) is 2.91. The van der Waals surface area contributed by atoms with Gasteiger partial charge in [0, 0.05) is 16.8 Å². The summed E-state index contributed by atoms with van der Waals surface area (Å²) in [6.45, 7) is 2.26.